The molecule has 0 radical (unpaired) electrons. The molecule has 3 aromatic rings. The fourth-order valence-corrected chi connectivity index (χ4v) is 4.05. The van der Waals surface area contributed by atoms with Crippen LogP contribution in [0.5, 0.6) is 0 Å². The molecular weight excluding hydrogens is 432 g/mol. The van der Waals surface area contributed by atoms with Gasteiger partial charge in [-0.3, -0.25) is 4.79 Å². The van der Waals surface area contributed by atoms with Gasteiger partial charge >= 0.3 is 6.09 Å². The van der Waals surface area contributed by atoms with E-state index in [9.17, 15) is 28.6 Å². The molecule has 2 atom stereocenters. The largest absolute Gasteiger partial charge is 0.449 e. The number of carbonyl (C=O) groups excluding carboxylic acids is 2. The number of hydrogen-bond donors (Lipinski definition) is 3. The normalized spacial score (nSPS) is 14.2. The van der Waals surface area contributed by atoms with Gasteiger partial charge in [0.25, 0.3) is 0 Å². The van der Waals surface area contributed by atoms with Crippen LogP contribution >= 0.6 is 0 Å². The van der Waals surface area contributed by atoms with E-state index >= 15 is 0 Å². The van der Waals surface area contributed by atoms with Crippen LogP contribution in [0, 0.1) is 11.6 Å². The van der Waals surface area contributed by atoms with Crippen LogP contribution in [-0.2, 0) is 4.74 Å². The van der Waals surface area contributed by atoms with Gasteiger partial charge in [-0.2, -0.15) is 0 Å². The van der Waals surface area contributed by atoms with Crippen molar-refractivity contribution in [3.8, 4) is 11.1 Å². The molecule has 2 unspecified atom stereocenters. The molecule has 0 bridgehead atoms. The van der Waals surface area contributed by atoms with E-state index < -0.39 is 47.6 Å². The first-order valence-electron chi connectivity index (χ1n) is 10.3. The lowest BCUT2D eigenvalue weighted by Gasteiger charge is -2.20. The highest BCUT2D eigenvalue weighted by Gasteiger charge is 2.29. The summed E-state index contributed by atoms with van der Waals surface area (Å²) >= 11 is 0. The summed E-state index contributed by atoms with van der Waals surface area (Å²) in [6, 6.07) is 17.0. The zero-order valence-corrected chi connectivity index (χ0v) is 17.4. The minimum atomic E-state index is -1.82. The average molecular weight is 453 g/mol. The number of aliphatic hydroxyl groups is 2. The number of nitrogens with one attached hydrogen (secondary N) is 1. The quantitative estimate of drug-likeness (QED) is 0.474. The number of aliphatic hydroxyl groups excluding tert-OH is 2. The molecule has 3 N–H and O–H groups in total. The predicted molar refractivity (Wildman–Crippen MR) is 116 cm³/mol. The van der Waals surface area contributed by atoms with Crippen LogP contribution < -0.4 is 5.32 Å². The Bertz CT molecular complexity index is 1150. The number of rotatable bonds is 7. The average Bonchev–Trinajstić information content (AvgIpc) is 3.15. The van der Waals surface area contributed by atoms with Gasteiger partial charge in [-0.15, -0.1) is 0 Å². The molecule has 1 aliphatic rings. The van der Waals surface area contributed by atoms with Crippen LogP contribution in [0.1, 0.15) is 39.1 Å². The molecule has 1 aliphatic carbocycles. The maximum absolute atomic E-state index is 14.1. The van der Waals surface area contributed by atoms with Gasteiger partial charge < -0.3 is 20.3 Å². The first kappa shape index (κ1) is 22.6. The smallest absolute Gasteiger partial charge is 0.407 e. The van der Waals surface area contributed by atoms with E-state index in [-0.39, 0.29) is 18.8 Å². The second kappa shape index (κ2) is 9.48. The first-order valence-corrected chi connectivity index (χ1v) is 10.3. The van der Waals surface area contributed by atoms with E-state index in [1.54, 1.807) is 0 Å². The zero-order valence-electron chi connectivity index (χ0n) is 17.4. The molecule has 6 nitrogen and oxygen atoms in total. The number of fused-ring (bicyclic) bond motifs is 3. The van der Waals surface area contributed by atoms with E-state index in [1.807, 2.05) is 48.5 Å². The minimum absolute atomic E-state index is 0.0610. The maximum Gasteiger partial charge on any atom is 0.407 e. The first-order chi connectivity index (χ1) is 15.9. The number of hydrogen-bond acceptors (Lipinski definition) is 5. The molecule has 0 saturated carbocycles. The second-order valence-electron chi connectivity index (χ2n) is 7.73. The Kier molecular flexibility index (Phi) is 6.48. The van der Waals surface area contributed by atoms with Crippen LogP contribution in [0.25, 0.3) is 11.1 Å². The van der Waals surface area contributed by atoms with Crippen molar-refractivity contribution in [2.75, 3.05) is 13.2 Å². The van der Waals surface area contributed by atoms with Gasteiger partial charge in [0.05, 0.1) is 5.56 Å². The number of halogens is 2. The Hall–Kier alpha value is -3.62. The number of benzene rings is 3. The lowest BCUT2D eigenvalue weighted by atomic mass is 9.98. The van der Waals surface area contributed by atoms with Crippen molar-refractivity contribution in [2.45, 2.75) is 18.1 Å². The van der Waals surface area contributed by atoms with E-state index in [0.717, 1.165) is 22.3 Å². The van der Waals surface area contributed by atoms with Gasteiger partial charge in [-0.1, -0.05) is 48.5 Å². The van der Waals surface area contributed by atoms with E-state index in [2.05, 4.69) is 5.32 Å². The maximum atomic E-state index is 14.1. The molecule has 170 valence electrons. The Balaban J connectivity index is 1.36. The molecular formula is C25H21F2NO5. The van der Waals surface area contributed by atoms with Crippen molar-refractivity contribution in [3.63, 3.8) is 0 Å². The van der Waals surface area contributed by atoms with Gasteiger partial charge in [0.1, 0.15) is 30.4 Å². The van der Waals surface area contributed by atoms with Crippen molar-refractivity contribution in [2.24, 2.45) is 0 Å². The molecule has 0 fully saturated rings. The summed E-state index contributed by atoms with van der Waals surface area (Å²) in [5.41, 5.74) is 3.21. The predicted octanol–water partition coefficient (Wildman–Crippen LogP) is 3.71. The number of alkyl carbamates (subject to hydrolysis) is 1. The molecule has 33 heavy (non-hydrogen) atoms. The van der Waals surface area contributed by atoms with Gasteiger partial charge in [0.2, 0.25) is 0 Å². The molecule has 0 saturated heterocycles. The van der Waals surface area contributed by atoms with Crippen molar-refractivity contribution >= 4 is 12.4 Å². The monoisotopic (exact) mass is 453 g/mol. The molecule has 1 amide bonds. The highest BCUT2D eigenvalue weighted by atomic mass is 19.1. The number of ether oxygens (including phenoxy) is 1. The van der Waals surface area contributed by atoms with Crippen molar-refractivity contribution in [3.05, 3.63) is 94.6 Å². The molecule has 4 rings (SSSR count). The Morgan fingerprint density at radius 2 is 1.61 bits per heavy atom. The topological polar surface area (TPSA) is 95.9 Å². The Labute approximate surface area is 188 Å². The summed E-state index contributed by atoms with van der Waals surface area (Å²) < 4.78 is 33.1. The summed E-state index contributed by atoms with van der Waals surface area (Å²) in [5.74, 6) is -2.23. The zero-order chi connectivity index (χ0) is 23.5. The summed E-state index contributed by atoms with van der Waals surface area (Å²) in [6.45, 7) is -0.403. The van der Waals surface area contributed by atoms with Gasteiger partial charge in [0.15, 0.2) is 6.29 Å². The van der Waals surface area contributed by atoms with Crippen LogP contribution in [0.4, 0.5) is 13.6 Å². The van der Waals surface area contributed by atoms with Crippen LogP contribution in [-0.4, -0.2) is 41.8 Å². The van der Waals surface area contributed by atoms with Gasteiger partial charge in [-0.25, -0.2) is 13.6 Å². The van der Waals surface area contributed by atoms with E-state index in [1.165, 1.54) is 0 Å². The van der Waals surface area contributed by atoms with Crippen LogP contribution in [0.3, 0.4) is 0 Å². The fourth-order valence-electron chi connectivity index (χ4n) is 4.05. The van der Waals surface area contributed by atoms with Crippen molar-refractivity contribution in [1.82, 2.24) is 5.32 Å². The lowest BCUT2D eigenvalue weighted by Crippen LogP contribution is -2.36. The lowest BCUT2D eigenvalue weighted by molar-refractivity contribution is 0.0163. The summed E-state index contributed by atoms with van der Waals surface area (Å²) in [7, 11) is 0. The van der Waals surface area contributed by atoms with E-state index in [4.69, 9.17) is 4.74 Å². The van der Waals surface area contributed by atoms with Crippen LogP contribution in [0.2, 0.25) is 0 Å². The number of amides is 1. The SMILES string of the molecule is O=Cc1cc(F)c(C(O)C(O)CNC(=O)OCC2c3ccccc3-c3ccccc32)cc1F. The third-order valence-corrected chi connectivity index (χ3v) is 5.73. The van der Waals surface area contributed by atoms with Gasteiger partial charge in [-0.05, 0) is 34.4 Å². The standard InChI is InChI=1S/C25H21F2NO5/c26-21-10-19(22(27)9-14(21)12-29)24(31)23(30)11-28-25(32)33-13-20-17-7-3-1-5-15(17)16-6-2-4-8-18(16)20/h1-10,12,20,23-24,30-31H,11,13H2,(H,28,32). The molecule has 0 aromatic heterocycles. The summed E-state index contributed by atoms with van der Waals surface area (Å²) in [4.78, 5) is 22.9. The minimum Gasteiger partial charge on any atom is -0.449 e. The third-order valence-electron chi connectivity index (χ3n) is 5.73. The highest BCUT2D eigenvalue weighted by Crippen LogP contribution is 2.44. The Morgan fingerprint density at radius 3 is 2.21 bits per heavy atom. The number of carbonyl (C=O) groups is 2. The van der Waals surface area contributed by atoms with Crippen molar-refractivity contribution < 1.29 is 33.3 Å². The second-order valence-corrected chi connectivity index (χ2v) is 7.73. The fraction of sp³-hybridized carbons (Fsp3) is 0.200. The third kappa shape index (κ3) is 4.48. The number of aldehydes is 1. The summed E-state index contributed by atoms with van der Waals surface area (Å²) in [5, 5.41) is 22.6. The Morgan fingerprint density at radius 1 is 1.00 bits per heavy atom. The molecule has 0 spiro atoms. The van der Waals surface area contributed by atoms with E-state index in [0.29, 0.717) is 12.1 Å². The molecule has 0 aliphatic heterocycles. The molecule has 0 heterocycles. The highest BCUT2D eigenvalue weighted by molar-refractivity contribution is 5.79. The molecule has 8 heteroatoms. The van der Waals surface area contributed by atoms with Crippen LogP contribution in [0.15, 0.2) is 60.7 Å². The summed E-state index contributed by atoms with van der Waals surface area (Å²) in [6.07, 6.45) is -4.15. The van der Waals surface area contributed by atoms with Crippen molar-refractivity contribution in [1.29, 1.82) is 0 Å². The van der Waals surface area contributed by atoms with Gasteiger partial charge in [0, 0.05) is 18.0 Å². The molecule has 3 aromatic carbocycles.